The molecule has 5 heteroatoms. The van der Waals surface area contributed by atoms with Gasteiger partial charge in [-0.1, -0.05) is 30.3 Å². The first kappa shape index (κ1) is 14.1. The Kier molecular flexibility index (Phi) is 3.04. The highest BCUT2D eigenvalue weighted by atomic mass is 16.2. The van der Waals surface area contributed by atoms with Crippen LogP contribution in [0.4, 0.5) is 5.82 Å². The molecule has 5 nitrogen and oxygen atoms in total. The summed E-state index contributed by atoms with van der Waals surface area (Å²) in [7, 11) is 3.27. The number of rotatable bonds is 1. The van der Waals surface area contributed by atoms with Crippen LogP contribution in [0.1, 0.15) is 36.3 Å². The fraction of sp³-hybridized carbons (Fsp3) is 0.333. The molecule has 0 fully saturated rings. The van der Waals surface area contributed by atoms with Crippen LogP contribution < -0.4 is 16.6 Å². The second kappa shape index (κ2) is 4.98. The molecule has 1 aliphatic heterocycles. The van der Waals surface area contributed by atoms with Gasteiger partial charge < -0.3 is 5.32 Å². The quantitative estimate of drug-likeness (QED) is 0.877. The zero-order valence-corrected chi connectivity index (χ0v) is 13.3. The van der Waals surface area contributed by atoms with Crippen molar-refractivity contribution in [3.05, 3.63) is 73.6 Å². The number of nitrogens with one attached hydrogen (secondary N) is 1. The molecule has 0 spiro atoms. The van der Waals surface area contributed by atoms with Gasteiger partial charge >= 0.3 is 5.69 Å². The molecule has 23 heavy (non-hydrogen) atoms. The topological polar surface area (TPSA) is 56.0 Å². The van der Waals surface area contributed by atoms with Gasteiger partial charge in [-0.3, -0.25) is 13.9 Å². The fourth-order valence-corrected chi connectivity index (χ4v) is 3.84. The van der Waals surface area contributed by atoms with E-state index < -0.39 is 0 Å². The van der Waals surface area contributed by atoms with Crippen LogP contribution in [0.5, 0.6) is 0 Å². The predicted molar refractivity (Wildman–Crippen MR) is 89.7 cm³/mol. The minimum Gasteiger partial charge on any atom is -0.345 e. The summed E-state index contributed by atoms with van der Waals surface area (Å²) in [5, 5.41) is 3.37. The van der Waals surface area contributed by atoms with E-state index in [-0.39, 0.29) is 17.2 Å². The van der Waals surface area contributed by atoms with Crippen LogP contribution in [-0.4, -0.2) is 9.13 Å². The molecule has 2 heterocycles. The summed E-state index contributed by atoms with van der Waals surface area (Å²) in [6, 6.07) is 10.1. The molecule has 1 N–H and O–H groups in total. The number of benzene rings is 1. The maximum atomic E-state index is 12.8. The third-order valence-electron chi connectivity index (χ3n) is 5.00. The van der Waals surface area contributed by atoms with Gasteiger partial charge in [0, 0.05) is 25.7 Å². The molecule has 0 saturated heterocycles. The predicted octanol–water partition coefficient (Wildman–Crippen LogP) is 2.08. The Balaban J connectivity index is 2.07. The van der Waals surface area contributed by atoms with E-state index in [0.717, 1.165) is 24.8 Å². The van der Waals surface area contributed by atoms with E-state index in [2.05, 4.69) is 17.4 Å². The molecular formula is C18H19N3O2. The Morgan fingerprint density at radius 3 is 2.52 bits per heavy atom. The summed E-state index contributed by atoms with van der Waals surface area (Å²) < 4.78 is 2.76. The van der Waals surface area contributed by atoms with Gasteiger partial charge in [-0.25, -0.2) is 4.79 Å². The summed E-state index contributed by atoms with van der Waals surface area (Å²) >= 11 is 0. The van der Waals surface area contributed by atoms with Crippen molar-refractivity contribution in [3.8, 4) is 0 Å². The molecule has 118 valence electrons. The first-order chi connectivity index (χ1) is 11.1. The lowest BCUT2D eigenvalue weighted by Gasteiger charge is -2.30. The van der Waals surface area contributed by atoms with Crippen molar-refractivity contribution in [1.29, 1.82) is 0 Å². The molecule has 1 aromatic carbocycles. The maximum Gasteiger partial charge on any atom is 0.332 e. The van der Waals surface area contributed by atoms with Crippen molar-refractivity contribution in [2.45, 2.75) is 25.2 Å². The summed E-state index contributed by atoms with van der Waals surface area (Å²) in [6.07, 6.45) is 3.05. The number of hydrogen-bond donors (Lipinski definition) is 1. The number of hydrogen-bond acceptors (Lipinski definition) is 3. The second-order valence-corrected chi connectivity index (χ2v) is 6.29. The van der Waals surface area contributed by atoms with Crippen molar-refractivity contribution in [1.82, 2.24) is 9.13 Å². The highest BCUT2D eigenvalue weighted by molar-refractivity contribution is 5.62. The van der Waals surface area contributed by atoms with Crippen molar-refractivity contribution in [2.24, 2.45) is 14.1 Å². The SMILES string of the molecule is Cn1c2c(c(=O)n(C)c1=O)C(c1ccccc1)C1=C(CCC1)N2. The Labute approximate surface area is 133 Å². The molecular weight excluding hydrogens is 290 g/mol. The highest BCUT2D eigenvalue weighted by Crippen LogP contribution is 2.45. The largest absolute Gasteiger partial charge is 0.345 e. The molecule has 0 amide bonds. The lowest BCUT2D eigenvalue weighted by Crippen LogP contribution is -2.42. The minimum atomic E-state index is -0.296. The van der Waals surface area contributed by atoms with Gasteiger partial charge in [0.25, 0.3) is 5.56 Å². The molecule has 0 saturated carbocycles. The van der Waals surface area contributed by atoms with Crippen molar-refractivity contribution >= 4 is 5.82 Å². The van der Waals surface area contributed by atoms with E-state index in [1.807, 2.05) is 18.2 Å². The van der Waals surface area contributed by atoms with Gasteiger partial charge in [-0.05, 0) is 30.4 Å². The standard InChI is InChI=1S/C18H19N3O2/c1-20-16-15(17(22)21(2)18(20)23)14(11-7-4-3-5-8-11)12-9-6-10-13(12)19-16/h3-5,7-8,14,19H,6,9-10H2,1-2H3. The molecule has 1 atom stereocenters. The normalized spacial score (nSPS) is 19.3. The molecule has 4 rings (SSSR count). The maximum absolute atomic E-state index is 12.8. The molecule has 0 radical (unpaired) electrons. The average Bonchev–Trinajstić information content (AvgIpc) is 3.05. The van der Waals surface area contributed by atoms with Gasteiger partial charge in [0.05, 0.1) is 5.56 Å². The summed E-state index contributed by atoms with van der Waals surface area (Å²) in [4.78, 5) is 25.1. The zero-order valence-electron chi connectivity index (χ0n) is 13.3. The second-order valence-electron chi connectivity index (χ2n) is 6.29. The molecule has 0 bridgehead atoms. The monoisotopic (exact) mass is 309 g/mol. The Morgan fingerprint density at radius 2 is 1.78 bits per heavy atom. The van der Waals surface area contributed by atoms with Crippen molar-refractivity contribution < 1.29 is 0 Å². The van der Waals surface area contributed by atoms with Gasteiger partial charge in [0.15, 0.2) is 0 Å². The minimum absolute atomic E-state index is 0.0598. The van der Waals surface area contributed by atoms with E-state index in [0.29, 0.717) is 11.4 Å². The smallest absolute Gasteiger partial charge is 0.332 e. The Bertz CT molecular complexity index is 935. The number of allylic oxidation sites excluding steroid dienone is 2. The number of nitrogens with zero attached hydrogens (tertiary/aromatic N) is 2. The van der Waals surface area contributed by atoms with E-state index >= 15 is 0 Å². The van der Waals surface area contributed by atoms with E-state index in [1.54, 1.807) is 18.7 Å². The van der Waals surface area contributed by atoms with Crippen LogP contribution in [-0.2, 0) is 14.1 Å². The van der Waals surface area contributed by atoms with Crippen LogP contribution in [0.3, 0.4) is 0 Å². The van der Waals surface area contributed by atoms with Crippen molar-refractivity contribution in [2.75, 3.05) is 5.32 Å². The van der Waals surface area contributed by atoms with E-state index in [1.165, 1.54) is 15.8 Å². The van der Waals surface area contributed by atoms with Crippen LogP contribution in [0.2, 0.25) is 0 Å². The first-order valence-electron chi connectivity index (χ1n) is 7.93. The fourth-order valence-electron chi connectivity index (χ4n) is 3.84. The Hall–Kier alpha value is -2.56. The van der Waals surface area contributed by atoms with Crippen LogP contribution in [0.15, 0.2) is 51.2 Å². The Morgan fingerprint density at radius 1 is 1.04 bits per heavy atom. The van der Waals surface area contributed by atoms with Crippen LogP contribution in [0, 0.1) is 0 Å². The van der Waals surface area contributed by atoms with E-state index in [9.17, 15) is 9.59 Å². The van der Waals surface area contributed by atoms with Crippen molar-refractivity contribution in [3.63, 3.8) is 0 Å². The summed E-state index contributed by atoms with van der Waals surface area (Å²) in [6.45, 7) is 0. The highest BCUT2D eigenvalue weighted by Gasteiger charge is 2.35. The average molecular weight is 309 g/mol. The van der Waals surface area contributed by atoms with E-state index in [4.69, 9.17) is 0 Å². The van der Waals surface area contributed by atoms with Crippen LogP contribution in [0.25, 0.3) is 0 Å². The number of anilines is 1. The first-order valence-corrected chi connectivity index (χ1v) is 7.93. The number of aromatic nitrogens is 2. The van der Waals surface area contributed by atoms with Gasteiger partial charge in [0.1, 0.15) is 5.82 Å². The van der Waals surface area contributed by atoms with Gasteiger partial charge in [0.2, 0.25) is 0 Å². The lowest BCUT2D eigenvalue weighted by molar-refractivity contribution is 0.661. The molecule has 2 aromatic rings. The molecule has 1 unspecified atom stereocenters. The third-order valence-corrected chi connectivity index (χ3v) is 5.00. The third kappa shape index (κ3) is 1.92. The number of fused-ring (bicyclic) bond motifs is 1. The summed E-state index contributed by atoms with van der Waals surface area (Å²) in [5.74, 6) is 0.586. The van der Waals surface area contributed by atoms with Gasteiger partial charge in [-0.15, -0.1) is 0 Å². The summed E-state index contributed by atoms with van der Waals surface area (Å²) in [5.41, 5.74) is 3.76. The molecule has 2 aliphatic rings. The molecule has 1 aromatic heterocycles. The van der Waals surface area contributed by atoms with Gasteiger partial charge in [-0.2, -0.15) is 0 Å². The molecule has 1 aliphatic carbocycles. The zero-order chi connectivity index (χ0) is 16.1. The van der Waals surface area contributed by atoms with Crippen LogP contribution >= 0.6 is 0 Å². The lowest BCUT2D eigenvalue weighted by atomic mass is 9.82.